The molecule has 0 saturated heterocycles. The number of hydrogen-bond donors (Lipinski definition) is 1. The number of fused-ring (bicyclic) bond motifs is 2. The number of benzene rings is 1. The van der Waals surface area contributed by atoms with E-state index in [1.165, 1.54) is 4.90 Å². The molecule has 1 atom stereocenters. The Labute approximate surface area is 151 Å². The highest BCUT2D eigenvalue weighted by molar-refractivity contribution is 6.12. The highest BCUT2D eigenvalue weighted by Crippen LogP contribution is 2.53. The van der Waals surface area contributed by atoms with Crippen LogP contribution in [0, 0.1) is 11.3 Å². The zero-order chi connectivity index (χ0) is 19.2. The van der Waals surface area contributed by atoms with E-state index < -0.39 is 17.3 Å². The molecule has 2 aliphatic heterocycles. The molecule has 2 aliphatic rings. The average molecular weight is 353 g/mol. The largest absolute Gasteiger partial charge is 0.460 e. The maximum atomic E-state index is 13.4. The van der Waals surface area contributed by atoms with Crippen LogP contribution in [-0.4, -0.2) is 29.9 Å². The fourth-order valence-electron chi connectivity index (χ4n) is 3.50. The van der Waals surface area contributed by atoms with E-state index in [-0.39, 0.29) is 23.1 Å². The summed E-state index contributed by atoms with van der Waals surface area (Å²) in [5.41, 5.74) is 5.09. The molecule has 0 aromatic heterocycles. The number of nitrogens with zero attached hydrogens (tertiary/aromatic N) is 2. The molecule has 3 rings (SSSR count). The number of hydrogen-bond acceptors (Lipinski definition) is 6. The zero-order valence-electron chi connectivity index (χ0n) is 15.0. The van der Waals surface area contributed by atoms with Gasteiger partial charge >= 0.3 is 5.97 Å². The number of nitriles is 1. The summed E-state index contributed by atoms with van der Waals surface area (Å²) in [6.45, 7) is 5.08. The van der Waals surface area contributed by atoms with Crippen molar-refractivity contribution >= 4 is 11.9 Å². The zero-order valence-corrected chi connectivity index (χ0v) is 15.0. The number of nitrogens with two attached hydrogens (primary N) is 1. The molecule has 0 bridgehead atoms. The van der Waals surface area contributed by atoms with Crippen molar-refractivity contribution in [3.63, 3.8) is 0 Å². The summed E-state index contributed by atoms with van der Waals surface area (Å²) in [7, 11) is 1.55. The van der Waals surface area contributed by atoms with Crippen molar-refractivity contribution in [3.8, 4) is 11.8 Å². The van der Waals surface area contributed by atoms with E-state index in [1.807, 2.05) is 6.07 Å². The van der Waals surface area contributed by atoms with Gasteiger partial charge in [-0.2, -0.15) is 5.26 Å². The topological polar surface area (TPSA) is 106 Å². The summed E-state index contributed by atoms with van der Waals surface area (Å²) >= 11 is 0. The number of allylic oxidation sites excluding steroid dienone is 1. The normalized spacial score (nSPS) is 21.8. The monoisotopic (exact) mass is 353 g/mol. The minimum Gasteiger partial charge on any atom is -0.460 e. The number of para-hydroxylation sites is 1. The van der Waals surface area contributed by atoms with Crippen LogP contribution in [-0.2, 0) is 19.7 Å². The van der Waals surface area contributed by atoms with Gasteiger partial charge in [0.1, 0.15) is 17.4 Å². The molecule has 7 heteroatoms. The van der Waals surface area contributed by atoms with Crippen LogP contribution < -0.4 is 10.5 Å². The van der Waals surface area contributed by atoms with E-state index in [1.54, 1.807) is 52.1 Å². The third-order valence-corrected chi connectivity index (χ3v) is 4.66. The Morgan fingerprint density at radius 1 is 1.38 bits per heavy atom. The van der Waals surface area contributed by atoms with Crippen molar-refractivity contribution in [2.45, 2.75) is 32.3 Å². The highest BCUT2D eigenvalue weighted by Gasteiger charge is 2.61. The second-order valence-electron chi connectivity index (χ2n) is 6.48. The van der Waals surface area contributed by atoms with E-state index in [2.05, 4.69) is 0 Å². The third-order valence-electron chi connectivity index (χ3n) is 4.66. The summed E-state index contributed by atoms with van der Waals surface area (Å²) in [5.74, 6) is -0.971. The fraction of sp³-hybridized carbons (Fsp3) is 0.316. The molecule has 2 heterocycles. The number of esters is 1. The van der Waals surface area contributed by atoms with Crippen LogP contribution in [0.3, 0.4) is 0 Å². The quantitative estimate of drug-likeness (QED) is 0.812. The van der Waals surface area contributed by atoms with Crippen molar-refractivity contribution in [3.05, 3.63) is 52.6 Å². The van der Waals surface area contributed by atoms with E-state index in [9.17, 15) is 14.9 Å². The Morgan fingerprint density at radius 3 is 2.65 bits per heavy atom. The van der Waals surface area contributed by atoms with E-state index >= 15 is 0 Å². The molecule has 1 amide bonds. The second-order valence-corrected chi connectivity index (χ2v) is 6.48. The highest BCUT2D eigenvalue weighted by atomic mass is 16.5. The molecule has 0 radical (unpaired) electrons. The number of amides is 1. The first-order valence-corrected chi connectivity index (χ1v) is 8.15. The number of carbonyl (C=O) groups excluding carboxylic acids is 2. The average Bonchev–Trinajstić information content (AvgIpc) is 2.77. The molecule has 26 heavy (non-hydrogen) atoms. The maximum absolute atomic E-state index is 13.4. The van der Waals surface area contributed by atoms with Gasteiger partial charge in [-0.15, -0.1) is 0 Å². The van der Waals surface area contributed by atoms with Crippen LogP contribution >= 0.6 is 0 Å². The van der Waals surface area contributed by atoms with Gasteiger partial charge in [0, 0.05) is 18.3 Å². The van der Waals surface area contributed by atoms with Crippen molar-refractivity contribution in [2.75, 3.05) is 7.05 Å². The summed E-state index contributed by atoms with van der Waals surface area (Å²) in [6, 6.07) is 8.72. The summed E-state index contributed by atoms with van der Waals surface area (Å²) < 4.78 is 10.9. The SMILES string of the molecule is CC1=C(C(=O)OC(C)C)[C@]2(C(=O)N1C)C(C#N)=C(N)Oc1ccccc12. The second kappa shape index (κ2) is 5.92. The molecular weight excluding hydrogens is 334 g/mol. The fourth-order valence-corrected chi connectivity index (χ4v) is 3.50. The lowest BCUT2D eigenvalue weighted by molar-refractivity contribution is -0.144. The van der Waals surface area contributed by atoms with Gasteiger partial charge in [-0.1, -0.05) is 18.2 Å². The molecule has 2 N–H and O–H groups in total. The first-order chi connectivity index (χ1) is 12.3. The Kier molecular flexibility index (Phi) is 3.99. The third kappa shape index (κ3) is 2.12. The van der Waals surface area contributed by atoms with E-state index in [0.717, 1.165) is 0 Å². The minimum atomic E-state index is -1.67. The van der Waals surface area contributed by atoms with Crippen LogP contribution in [0.2, 0.25) is 0 Å². The van der Waals surface area contributed by atoms with Crippen LogP contribution in [0.15, 0.2) is 47.0 Å². The standard InChI is InChI=1S/C19H19N3O4/c1-10(2)25-17(23)15-11(3)22(4)18(24)19(15)12-7-5-6-8-14(12)26-16(21)13(19)9-20/h5-8,10H,21H2,1-4H3/t19-/m1/s1. The van der Waals surface area contributed by atoms with Gasteiger partial charge < -0.3 is 20.1 Å². The molecule has 1 aromatic carbocycles. The molecular formula is C19H19N3O4. The van der Waals surface area contributed by atoms with E-state index in [4.69, 9.17) is 15.2 Å². The molecule has 7 nitrogen and oxygen atoms in total. The molecule has 0 fully saturated rings. The minimum absolute atomic E-state index is 0.0916. The smallest absolute Gasteiger partial charge is 0.337 e. The van der Waals surface area contributed by atoms with Crippen molar-refractivity contribution in [1.29, 1.82) is 5.26 Å². The van der Waals surface area contributed by atoms with Gasteiger partial charge in [0.15, 0.2) is 5.41 Å². The van der Waals surface area contributed by atoms with Gasteiger partial charge in [0.2, 0.25) is 11.8 Å². The van der Waals surface area contributed by atoms with Crippen molar-refractivity contribution < 1.29 is 19.1 Å². The molecule has 0 saturated carbocycles. The summed E-state index contributed by atoms with van der Waals surface area (Å²) in [5, 5.41) is 9.77. The predicted octanol–water partition coefficient (Wildman–Crippen LogP) is 1.71. The maximum Gasteiger partial charge on any atom is 0.337 e. The predicted molar refractivity (Wildman–Crippen MR) is 92.3 cm³/mol. The van der Waals surface area contributed by atoms with Crippen molar-refractivity contribution in [2.24, 2.45) is 5.73 Å². The molecule has 0 unspecified atom stereocenters. The molecule has 0 aliphatic carbocycles. The Morgan fingerprint density at radius 2 is 2.04 bits per heavy atom. The molecule has 1 aromatic rings. The lowest BCUT2D eigenvalue weighted by atomic mass is 9.68. The van der Waals surface area contributed by atoms with Gasteiger partial charge in [0.05, 0.1) is 11.7 Å². The van der Waals surface area contributed by atoms with Crippen LogP contribution in [0.1, 0.15) is 26.3 Å². The lowest BCUT2D eigenvalue weighted by Gasteiger charge is -2.35. The van der Waals surface area contributed by atoms with Crippen molar-refractivity contribution in [1.82, 2.24) is 4.90 Å². The van der Waals surface area contributed by atoms with Crippen LogP contribution in [0.4, 0.5) is 0 Å². The molecule has 1 spiro atoms. The number of likely N-dealkylation sites (N-methyl/N-ethyl adjacent to an activating group) is 1. The lowest BCUT2D eigenvalue weighted by Crippen LogP contribution is -2.46. The van der Waals surface area contributed by atoms with Gasteiger partial charge in [-0.05, 0) is 26.8 Å². The van der Waals surface area contributed by atoms with Gasteiger partial charge in [-0.3, -0.25) is 4.79 Å². The van der Waals surface area contributed by atoms with Crippen LogP contribution in [0.25, 0.3) is 0 Å². The summed E-state index contributed by atoms with van der Waals surface area (Å²) in [4.78, 5) is 27.6. The van der Waals surface area contributed by atoms with Gasteiger partial charge in [-0.25, -0.2) is 4.79 Å². The number of ether oxygens (including phenoxy) is 2. The number of rotatable bonds is 2. The number of carbonyl (C=O) groups is 2. The Balaban J connectivity index is 2.40. The first kappa shape index (κ1) is 17.5. The first-order valence-electron chi connectivity index (χ1n) is 8.15. The Bertz CT molecular complexity index is 923. The Hall–Kier alpha value is -3.27. The van der Waals surface area contributed by atoms with E-state index in [0.29, 0.717) is 17.0 Å². The van der Waals surface area contributed by atoms with Gasteiger partial charge in [0.25, 0.3) is 0 Å². The molecule has 134 valence electrons. The van der Waals surface area contributed by atoms with Crippen LogP contribution in [0.5, 0.6) is 5.75 Å². The summed E-state index contributed by atoms with van der Waals surface area (Å²) in [6.07, 6.45) is -0.386.